The molecule has 2 rings (SSSR count). The van der Waals surface area contributed by atoms with Gasteiger partial charge in [0.05, 0.1) is 11.4 Å². The van der Waals surface area contributed by atoms with E-state index < -0.39 is 0 Å². The fourth-order valence-corrected chi connectivity index (χ4v) is 3.78. The zero-order valence-electron chi connectivity index (χ0n) is 21.8. The molecular formula is C28H40Cl2FeN3. The summed E-state index contributed by atoms with van der Waals surface area (Å²) in [6, 6.07) is 13.0. The normalized spacial score (nSPS) is 11.9. The molecule has 0 aliphatic carbocycles. The van der Waals surface area contributed by atoms with Crippen LogP contribution in [0.4, 0.5) is 11.4 Å². The average Bonchev–Trinajstić information content (AvgIpc) is 2.78. The third-order valence-corrected chi connectivity index (χ3v) is 5.55. The van der Waals surface area contributed by atoms with Gasteiger partial charge in [-0.1, -0.05) is 91.8 Å². The molecule has 3 nitrogen and oxygen atoms in total. The molecule has 0 bridgehead atoms. The molecule has 189 valence electrons. The first-order chi connectivity index (χ1) is 16.1. The monoisotopic (exact) mass is 544 g/mol. The standard InChI is InChI=1S/C28H40N3.2ClH.Fe/c1-19(2)23-11-9-12-24(20(3)4)27(23)30-17-15-29-16-18-31-28-25(21(5)6)13-10-14-26(28)22(7)8;;;/h9-14,17-22H,15-16H2,1-8H3;2*1H;/q-1;;;+3/p-2. The molecule has 2 aromatic carbocycles. The maximum atomic E-state index is 4.82. The van der Waals surface area contributed by atoms with Crippen LogP contribution in [0.3, 0.4) is 0 Å². The number of hydrogen-bond acceptors (Lipinski definition) is 2. The molecule has 0 aromatic heterocycles. The van der Waals surface area contributed by atoms with E-state index in [-0.39, 0.29) is 13.1 Å². The van der Waals surface area contributed by atoms with Crippen LogP contribution in [0.5, 0.6) is 0 Å². The third-order valence-electron chi connectivity index (χ3n) is 5.55. The fraction of sp³-hybridized carbons (Fsp3) is 0.500. The van der Waals surface area contributed by atoms with Gasteiger partial charge in [0.2, 0.25) is 0 Å². The minimum absolute atomic E-state index is 0.194. The van der Waals surface area contributed by atoms with Gasteiger partial charge in [-0.3, -0.25) is 9.98 Å². The Hall–Kier alpha value is -1.16. The first kappa shape index (κ1) is 30.9. The second-order valence-electron chi connectivity index (χ2n) is 9.45. The van der Waals surface area contributed by atoms with Gasteiger partial charge < -0.3 is 5.32 Å². The van der Waals surface area contributed by atoms with E-state index in [0.29, 0.717) is 36.8 Å². The Morgan fingerprint density at radius 1 is 0.647 bits per heavy atom. The summed E-state index contributed by atoms with van der Waals surface area (Å²) in [5.41, 5.74) is 7.43. The van der Waals surface area contributed by atoms with Crippen LogP contribution < -0.4 is 0 Å². The molecule has 0 aliphatic rings. The number of para-hydroxylation sites is 2. The van der Waals surface area contributed by atoms with E-state index in [4.69, 9.17) is 30.2 Å². The van der Waals surface area contributed by atoms with E-state index in [9.17, 15) is 0 Å². The quantitative estimate of drug-likeness (QED) is 0.162. The summed E-state index contributed by atoms with van der Waals surface area (Å²) in [5.74, 6) is 1.80. The predicted octanol–water partition coefficient (Wildman–Crippen LogP) is 10.0. The van der Waals surface area contributed by atoms with Gasteiger partial charge in [-0.25, -0.2) is 0 Å². The third kappa shape index (κ3) is 9.83. The summed E-state index contributed by atoms with van der Waals surface area (Å²) in [6.45, 7) is 19.0. The van der Waals surface area contributed by atoms with Gasteiger partial charge in [-0.15, -0.1) is 13.1 Å². The van der Waals surface area contributed by atoms with E-state index in [0.717, 1.165) is 11.4 Å². The molecule has 0 atom stereocenters. The summed E-state index contributed by atoms with van der Waals surface area (Å²) in [4.78, 5) is 9.63. The van der Waals surface area contributed by atoms with Crippen LogP contribution in [-0.2, 0) is 13.1 Å². The summed E-state index contributed by atoms with van der Waals surface area (Å²) < 4.78 is 0. The molecule has 0 unspecified atom stereocenters. The summed E-state index contributed by atoms with van der Waals surface area (Å²) in [5, 5.41) is 4.60. The topological polar surface area (TPSA) is 38.8 Å². The van der Waals surface area contributed by atoms with Gasteiger partial charge in [-0.2, -0.15) is 0 Å². The van der Waals surface area contributed by atoms with Crippen molar-refractivity contribution < 1.29 is 13.1 Å². The molecule has 0 heterocycles. The Morgan fingerprint density at radius 2 is 0.912 bits per heavy atom. The SMILES string of the molecule is CC(C)c1cccc(C(C)C)c1N=CC[N-]CC=Nc1c(C(C)C)cccc1C(C)C.[Cl][Fe+][Cl]. The predicted molar refractivity (Wildman–Crippen MR) is 150 cm³/mol. The maximum absolute atomic E-state index is 4.82. The summed E-state index contributed by atoms with van der Waals surface area (Å²) in [6.07, 6.45) is 3.87. The second-order valence-corrected chi connectivity index (χ2v) is 11.3. The Balaban J connectivity index is 0.00000182. The van der Waals surface area contributed by atoms with Crippen LogP contribution >= 0.6 is 20.2 Å². The molecule has 0 radical (unpaired) electrons. The fourth-order valence-electron chi connectivity index (χ4n) is 3.78. The molecule has 0 aliphatic heterocycles. The number of nitrogens with zero attached hydrogens (tertiary/aromatic N) is 3. The Bertz CT molecular complexity index is 796. The first-order valence-corrected chi connectivity index (χ1v) is 15.0. The second kappa shape index (κ2) is 16.5. The summed E-state index contributed by atoms with van der Waals surface area (Å²) in [7, 11) is 9.53. The average molecular weight is 545 g/mol. The molecule has 34 heavy (non-hydrogen) atoms. The Labute approximate surface area is 222 Å². The van der Waals surface area contributed by atoms with Crippen molar-refractivity contribution in [3.05, 3.63) is 64.0 Å². The molecule has 0 fully saturated rings. The van der Waals surface area contributed by atoms with Gasteiger partial charge in [0.15, 0.2) is 0 Å². The molecule has 0 amide bonds. The number of hydrogen-bond donors (Lipinski definition) is 0. The van der Waals surface area contributed by atoms with Gasteiger partial charge >= 0.3 is 33.3 Å². The van der Waals surface area contributed by atoms with Crippen molar-refractivity contribution in [3.8, 4) is 0 Å². The van der Waals surface area contributed by atoms with Crippen LogP contribution in [0.2, 0.25) is 0 Å². The van der Waals surface area contributed by atoms with Crippen molar-refractivity contribution in [1.82, 2.24) is 0 Å². The van der Waals surface area contributed by atoms with Crippen LogP contribution in [0.25, 0.3) is 5.32 Å². The van der Waals surface area contributed by atoms with Gasteiger partial charge in [0.25, 0.3) is 0 Å². The zero-order valence-corrected chi connectivity index (χ0v) is 24.4. The van der Waals surface area contributed by atoms with Crippen molar-refractivity contribution in [2.45, 2.75) is 79.1 Å². The van der Waals surface area contributed by atoms with E-state index in [2.05, 4.69) is 97.1 Å². The molecule has 0 N–H and O–H groups in total. The van der Waals surface area contributed by atoms with Crippen LogP contribution in [0.1, 0.15) is 101 Å². The van der Waals surface area contributed by atoms with E-state index in [1.807, 2.05) is 12.4 Å². The van der Waals surface area contributed by atoms with Crippen LogP contribution in [0.15, 0.2) is 46.4 Å². The molecule has 0 saturated carbocycles. The molecule has 2 aromatic rings. The van der Waals surface area contributed by atoms with Crippen molar-refractivity contribution in [2.75, 3.05) is 13.1 Å². The first-order valence-electron chi connectivity index (χ1n) is 11.9. The van der Waals surface area contributed by atoms with Gasteiger partial charge in [-0.05, 0) is 58.4 Å². The van der Waals surface area contributed by atoms with Crippen molar-refractivity contribution >= 4 is 44.0 Å². The zero-order chi connectivity index (χ0) is 25.7. The number of halogens is 2. The van der Waals surface area contributed by atoms with E-state index in [1.165, 1.54) is 22.3 Å². The minimum atomic E-state index is 0.194. The van der Waals surface area contributed by atoms with Gasteiger partial charge in [0.1, 0.15) is 0 Å². The molecule has 6 heteroatoms. The Kier molecular flexibility index (Phi) is 15.0. The summed E-state index contributed by atoms with van der Waals surface area (Å²) >= 11 is 0.194. The van der Waals surface area contributed by atoms with E-state index in [1.54, 1.807) is 0 Å². The van der Waals surface area contributed by atoms with Crippen molar-refractivity contribution in [3.63, 3.8) is 0 Å². The number of benzene rings is 2. The van der Waals surface area contributed by atoms with E-state index >= 15 is 0 Å². The number of rotatable bonds is 10. The van der Waals surface area contributed by atoms with Gasteiger partial charge in [0, 0.05) is 0 Å². The Morgan fingerprint density at radius 3 is 1.15 bits per heavy atom. The molecule has 0 saturated heterocycles. The molecular weight excluding hydrogens is 505 g/mol. The van der Waals surface area contributed by atoms with Crippen LogP contribution in [-0.4, -0.2) is 25.5 Å². The number of aliphatic imine (C=N–C) groups is 2. The van der Waals surface area contributed by atoms with Crippen LogP contribution in [0, 0.1) is 0 Å². The van der Waals surface area contributed by atoms with Crippen molar-refractivity contribution in [1.29, 1.82) is 0 Å². The van der Waals surface area contributed by atoms with Crippen molar-refractivity contribution in [2.24, 2.45) is 9.98 Å². The molecule has 0 spiro atoms.